The second-order valence-electron chi connectivity index (χ2n) is 5.58. The number of nitrogens with zero attached hydrogens (tertiary/aromatic N) is 4. The summed E-state index contributed by atoms with van der Waals surface area (Å²) < 4.78 is 3.03. The van der Waals surface area contributed by atoms with Gasteiger partial charge in [-0.3, -0.25) is 18.6 Å². The minimum atomic E-state index is -0.124. The Labute approximate surface area is 146 Å². The molecule has 6 nitrogen and oxygen atoms in total. The summed E-state index contributed by atoms with van der Waals surface area (Å²) in [6, 6.07) is 14.2. The van der Waals surface area contributed by atoms with Crippen LogP contribution in [0.15, 0.2) is 69.5 Å². The predicted molar refractivity (Wildman–Crippen MR) is 98.0 cm³/mol. The van der Waals surface area contributed by atoms with Crippen LogP contribution >= 0.6 is 11.8 Å². The Morgan fingerprint density at radius 2 is 1.84 bits per heavy atom. The molecule has 0 aliphatic heterocycles. The summed E-state index contributed by atoms with van der Waals surface area (Å²) in [5, 5.41) is 1.19. The van der Waals surface area contributed by atoms with Gasteiger partial charge in [-0.2, -0.15) is 0 Å². The van der Waals surface area contributed by atoms with Gasteiger partial charge in [0.2, 0.25) is 0 Å². The Hall–Kier alpha value is -2.93. The van der Waals surface area contributed by atoms with Crippen molar-refractivity contribution in [3.63, 3.8) is 0 Å². The topological polar surface area (TPSA) is 69.3 Å². The van der Waals surface area contributed by atoms with Crippen molar-refractivity contribution in [3.05, 3.63) is 81.1 Å². The molecule has 0 aliphatic carbocycles. The van der Waals surface area contributed by atoms with E-state index in [1.54, 1.807) is 31.4 Å². The van der Waals surface area contributed by atoms with E-state index in [1.165, 1.54) is 26.8 Å². The van der Waals surface area contributed by atoms with E-state index in [1.807, 2.05) is 24.3 Å². The zero-order chi connectivity index (χ0) is 17.4. The fourth-order valence-electron chi connectivity index (χ4n) is 2.64. The van der Waals surface area contributed by atoms with E-state index < -0.39 is 0 Å². The van der Waals surface area contributed by atoms with Gasteiger partial charge in [0.25, 0.3) is 11.1 Å². The van der Waals surface area contributed by atoms with Crippen LogP contribution in [0.5, 0.6) is 0 Å². The highest BCUT2D eigenvalue weighted by molar-refractivity contribution is 7.98. The van der Waals surface area contributed by atoms with Crippen LogP contribution in [0.2, 0.25) is 0 Å². The lowest BCUT2D eigenvalue weighted by Crippen LogP contribution is -2.20. The zero-order valence-corrected chi connectivity index (χ0v) is 14.2. The monoisotopic (exact) mass is 350 g/mol. The fourth-order valence-corrected chi connectivity index (χ4v) is 3.51. The lowest BCUT2D eigenvalue weighted by Gasteiger charge is -2.08. The fraction of sp³-hybridized carbons (Fsp3) is 0.111. The van der Waals surface area contributed by atoms with Crippen LogP contribution in [-0.2, 0) is 12.8 Å². The van der Waals surface area contributed by atoms with Gasteiger partial charge < -0.3 is 0 Å². The van der Waals surface area contributed by atoms with Crippen LogP contribution in [0.4, 0.5) is 0 Å². The van der Waals surface area contributed by atoms with Gasteiger partial charge in [0.05, 0.1) is 16.6 Å². The smallest absolute Gasteiger partial charge is 0.261 e. The second kappa shape index (κ2) is 6.18. The van der Waals surface area contributed by atoms with Gasteiger partial charge in [-0.15, -0.1) is 0 Å². The highest BCUT2D eigenvalue weighted by Crippen LogP contribution is 2.20. The lowest BCUT2D eigenvalue weighted by molar-refractivity contribution is 0.726. The highest BCUT2D eigenvalue weighted by atomic mass is 32.2. The molecule has 0 aliphatic rings. The average molecular weight is 350 g/mol. The van der Waals surface area contributed by atoms with Crippen molar-refractivity contribution in [2.75, 3.05) is 0 Å². The first kappa shape index (κ1) is 15.6. The molecule has 3 heterocycles. The van der Waals surface area contributed by atoms with Crippen molar-refractivity contribution in [1.82, 2.24) is 18.9 Å². The van der Waals surface area contributed by atoms with Crippen molar-refractivity contribution in [2.24, 2.45) is 7.05 Å². The van der Waals surface area contributed by atoms with E-state index in [0.29, 0.717) is 33.2 Å². The van der Waals surface area contributed by atoms with E-state index in [2.05, 4.69) is 9.97 Å². The average Bonchev–Trinajstić information content (AvgIpc) is 2.63. The minimum Gasteiger partial charge on any atom is -0.290 e. The maximum absolute atomic E-state index is 12.4. The third kappa shape index (κ3) is 2.83. The van der Waals surface area contributed by atoms with Crippen molar-refractivity contribution < 1.29 is 0 Å². The minimum absolute atomic E-state index is 0.0837. The molecule has 0 saturated carbocycles. The quantitative estimate of drug-likeness (QED) is 0.419. The summed E-state index contributed by atoms with van der Waals surface area (Å²) in [5.74, 6) is 0.458. The summed E-state index contributed by atoms with van der Waals surface area (Å²) in [6.45, 7) is 0. The Morgan fingerprint density at radius 3 is 2.72 bits per heavy atom. The van der Waals surface area contributed by atoms with Crippen molar-refractivity contribution in [2.45, 2.75) is 10.9 Å². The number of thioether (sulfide) groups is 1. The van der Waals surface area contributed by atoms with Gasteiger partial charge in [0.15, 0.2) is 5.16 Å². The molecule has 25 heavy (non-hydrogen) atoms. The number of rotatable bonds is 3. The van der Waals surface area contributed by atoms with Crippen LogP contribution in [-0.4, -0.2) is 18.9 Å². The molecule has 1 aromatic carbocycles. The SMILES string of the molecule is Cn1c(SCc2cc(=O)n3ccccc3n2)nc2ccccc2c1=O. The van der Waals surface area contributed by atoms with Crippen LogP contribution in [0.3, 0.4) is 0 Å². The molecule has 0 bridgehead atoms. The molecule has 0 unspecified atom stereocenters. The first-order valence-corrected chi connectivity index (χ1v) is 8.68. The third-order valence-corrected chi connectivity index (χ3v) is 4.98. The predicted octanol–water partition coefficient (Wildman–Crippen LogP) is 2.23. The van der Waals surface area contributed by atoms with Crippen LogP contribution in [0.1, 0.15) is 5.69 Å². The van der Waals surface area contributed by atoms with Crippen LogP contribution < -0.4 is 11.1 Å². The molecule has 0 atom stereocenters. The molecule has 3 aromatic heterocycles. The van der Waals surface area contributed by atoms with Gasteiger partial charge in [0.1, 0.15) is 5.65 Å². The molecule has 4 aromatic rings. The van der Waals surface area contributed by atoms with Gasteiger partial charge in [-0.05, 0) is 24.3 Å². The Morgan fingerprint density at radius 1 is 1.04 bits per heavy atom. The number of hydrogen-bond donors (Lipinski definition) is 0. The number of benzene rings is 1. The molecule has 0 N–H and O–H groups in total. The largest absolute Gasteiger partial charge is 0.290 e. The maximum atomic E-state index is 12.4. The number of fused-ring (bicyclic) bond motifs is 2. The molecule has 7 heteroatoms. The van der Waals surface area contributed by atoms with Crippen LogP contribution in [0.25, 0.3) is 16.6 Å². The summed E-state index contributed by atoms with van der Waals surface area (Å²) in [6.07, 6.45) is 1.69. The second-order valence-corrected chi connectivity index (χ2v) is 6.52. The van der Waals surface area contributed by atoms with Crippen molar-refractivity contribution in [3.8, 4) is 0 Å². The van der Waals surface area contributed by atoms with E-state index in [9.17, 15) is 9.59 Å². The molecule has 124 valence electrons. The van der Waals surface area contributed by atoms with E-state index >= 15 is 0 Å². The number of aromatic nitrogens is 4. The number of hydrogen-bond acceptors (Lipinski definition) is 5. The molecule has 0 fully saturated rings. The molecule has 0 radical (unpaired) electrons. The maximum Gasteiger partial charge on any atom is 0.261 e. The van der Waals surface area contributed by atoms with Gasteiger partial charge in [-0.1, -0.05) is 30.0 Å². The Kier molecular flexibility index (Phi) is 3.85. The molecule has 0 saturated heterocycles. The van der Waals surface area contributed by atoms with Gasteiger partial charge in [-0.25, -0.2) is 9.97 Å². The Bertz CT molecular complexity index is 1210. The van der Waals surface area contributed by atoms with Gasteiger partial charge in [0, 0.05) is 25.1 Å². The zero-order valence-electron chi connectivity index (χ0n) is 13.4. The standard InChI is InChI=1S/C18H14N4O2S/c1-21-17(24)13-6-2-3-7-14(13)20-18(21)25-11-12-10-16(23)22-9-5-4-8-15(22)19-12/h2-10H,11H2,1H3. The lowest BCUT2D eigenvalue weighted by atomic mass is 10.2. The van der Waals surface area contributed by atoms with Crippen molar-refractivity contribution in [1.29, 1.82) is 0 Å². The first-order chi connectivity index (χ1) is 12.1. The third-order valence-electron chi connectivity index (χ3n) is 3.92. The number of pyridine rings is 1. The van der Waals surface area contributed by atoms with E-state index in [0.717, 1.165) is 0 Å². The molecular formula is C18H14N4O2S. The van der Waals surface area contributed by atoms with Crippen molar-refractivity contribution >= 4 is 28.3 Å². The Balaban J connectivity index is 1.70. The summed E-state index contributed by atoms with van der Waals surface area (Å²) >= 11 is 1.39. The first-order valence-electron chi connectivity index (χ1n) is 7.69. The van der Waals surface area contributed by atoms with Gasteiger partial charge >= 0.3 is 0 Å². The van der Waals surface area contributed by atoms with E-state index in [4.69, 9.17) is 0 Å². The molecule has 4 rings (SSSR count). The summed E-state index contributed by atoms with van der Waals surface area (Å²) in [7, 11) is 1.70. The normalized spacial score (nSPS) is 11.2. The summed E-state index contributed by atoms with van der Waals surface area (Å²) in [4.78, 5) is 33.6. The molecular weight excluding hydrogens is 336 g/mol. The van der Waals surface area contributed by atoms with Crippen LogP contribution in [0, 0.1) is 0 Å². The van der Waals surface area contributed by atoms with E-state index in [-0.39, 0.29) is 11.1 Å². The molecule has 0 amide bonds. The summed E-state index contributed by atoms with van der Waals surface area (Å²) in [5.41, 5.74) is 1.72. The number of para-hydroxylation sites is 1. The highest BCUT2D eigenvalue weighted by Gasteiger charge is 2.10. The molecule has 0 spiro atoms.